The number of aromatic nitrogens is 1. The Morgan fingerprint density at radius 2 is 2.04 bits per heavy atom. The smallest absolute Gasteiger partial charge is 0.421 e. The first kappa shape index (κ1) is 17.0. The van der Waals surface area contributed by atoms with Gasteiger partial charge in [-0.2, -0.15) is 13.2 Å². The summed E-state index contributed by atoms with van der Waals surface area (Å²) in [6.07, 6.45) is -2.55. The van der Waals surface area contributed by atoms with E-state index in [1.54, 1.807) is 13.8 Å². The maximum Gasteiger partial charge on any atom is 0.421 e. The van der Waals surface area contributed by atoms with E-state index in [0.717, 1.165) is 19.3 Å². The third-order valence-corrected chi connectivity index (χ3v) is 4.53. The van der Waals surface area contributed by atoms with Gasteiger partial charge in [-0.25, -0.2) is 0 Å². The predicted octanol–water partition coefficient (Wildman–Crippen LogP) is 1.84. The number of ether oxygens (including phenoxy) is 1. The Morgan fingerprint density at radius 3 is 2.67 bits per heavy atom. The fourth-order valence-electron chi connectivity index (χ4n) is 3.24. The number of fused-ring (bicyclic) bond motifs is 1. The second-order valence-electron chi connectivity index (χ2n) is 7.04. The number of alkyl halides is 3. The molecule has 5 nitrogen and oxygen atoms in total. The minimum Gasteiger partial charge on any atom is -0.490 e. The highest BCUT2D eigenvalue weighted by Gasteiger charge is 2.57. The highest BCUT2D eigenvalue weighted by molar-refractivity contribution is 5.83. The van der Waals surface area contributed by atoms with Crippen LogP contribution in [0.25, 0.3) is 0 Å². The van der Waals surface area contributed by atoms with Gasteiger partial charge in [0.15, 0.2) is 0 Å². The first-order chi connectivity index (χ1) is 11.2. The Balaban J connectivity index is 1.58. The zero-order chi connectivity index (χ0) is 17.5. The molecule has 0 spiro atoms. The number of nitrogens with one attached hydrogen (secondary N) is 2. The molecule has 1 aliphatic heterocycles. The van der Waals surface area contributed by atoms with Crippen LogP contribution in [0.4, 0.5) is 13.2 Å². The van der Waals surface area contributed by atoms with Crippen molar-refractivity contribution in [3.05, 3.63) is 24.0 Å². The second kappa shape index (κ2) is 5.91. The lowest BCUT2D eigenvalue weighted by Gasteiger charge is -2.27. The number of carbonyl (C=O) groups is 1. The van der Waals surface area contributed by atoms with Crippen molar-refractivity contribution in [1.29, 1.82) is 0 Å². The summed E-state index contributed by atoms with van der Waals surface area (Å²) < 4.78 is 44.1. The number of carbonyl (C=O) groups excluding carboxylic acids is 1. The number of hydrogen-bond donors (Lipinski definition) is 2. The quantitative estimate of drug-likeness (QED) is 0.856. The zero-order valence-electron chi connectivity index (χ0n) is 13.5. The van der Waals surface area contributed by atoms with Crippen LogP contribution in [-0.2, 0) is 11.0 Å². The van der Waals surface area contributed by atoms with Crippen molar-refractivity contribution in [3.8, 4) is 5.75 Å². The lowest BCUT2D eigenvalue weighted by molar-refractivity contribution is -0.139. The van der Waals surface area contributed by atoms with Gasteiger partial charge < -0.3 is 15.4 Å². The zero-order valence-corrected chi connectivity index (χ0v) is 13.5. The number of nitrogens with zero attached hydrogens (tertiary/aromatic N) is 1. The van der Waals surface area contributed by atoms with E-state index in [1.807, 2.05) is 0 Å². The Hall–Kier alpha value is -1.83. The summed E-state index contributed by atoms with van der Waals surface area (Å²) in [6.45, 7) is 5.11. The van der Waals surface area contributed by atoms with Gasteiger partial charge in [0, 0.05) is 18.3 Å². The molecule has 2 heterocycles. The summed E-state index contributed by atoms with van der Waals surface area (Å²) in [5.74, 6) is 0.452. The standard InChI is InChI=1S/C16H20F3N3O2/c1-15(2,22-14(23)13-9-5-21-6-10(9)13)8-24-12-3-4-20-7-11(12)16(17,18)19/h3-4,7,9-10,13,21H,5-6,8H2,1-2H3,(H,22,23)/t9-,10+,13?. The lowest BCUT2D eigenvalue weighted by atomic mass is 10.1. The molecule has 3 rings (SSSR count). The molecule has 2 aliphatic rings. The summed E-state index contributed by atoms with van der Waals surface area (Å²) in [5, 5.41) is 6.11. The van der Waals surface area contributed by atoms with Crippen LogP contribution in [0.15, 0.2) is 18.5 Å². The monoisotopic (exact) mass is 343 g/mol. The van der Waals surface area contributed by atoms with Crippen molar-refractivity contribution in [3.63, 3.8) is 0 Å². The lowest BCUT2D eigenvalue weighted by Crippen LogP contribution is -2.49. The van der Waals surface area contributed by atoms with Crippen molar-refractivity contribution in [2.24, 2.45) is 17.8 Å². The van der Waals surface area contributed by atoms with Crippen LogP contribution in [-0.4, -0.2) is 36.1 Å². The van der Waals surface area contributed by atoms with E-state index < -0.39 is 17.3 Å². The van der Waals surface area contributed by atoms with Gasteiger partial charge in [-0.1, -0.05) is 0 Å². The van der Waals surface area contributed by atoms with Crippen LogP contribution in [0.5, 0.6) is 5.75 Å². The third-order valence-electron chi connectivity index (χ3n) is 4.53. The van der Waals surface area contributed by atoms with Crippen LogP contribution < -0.4 is 15.4 Å². The number of amides is 1. The van der Waals surface area contributed by atoms with Gasteiger partial charge in [0.25, 0.3) is 0 Å². The van der Waals surface area contributed by atoms with Gasteiger partial charge in [0.2, 0.25) is 5.91 Å². The van der Waals surface area contributed by atoms with Crippen LogP contribution >= 0.6 is 0 Å². The number of pyridine rings is 1. The van der Waals surface area contributed by atoms with Gasteiger partial charge >= 0.3 is 6.18 Å². The van der Waals surface area contributed by atoms with Gasteiger partial charge in [0.05, 0.1) is 5.54 Å². The molecular formula is C16H20F3N3O2. The van der Waals surface area contributed by atoms with Crippen LogP contribution in [0.3, 0.4) is 0 Å². The first-order valence-electron chi connectivity index (χ1n) is 7.86. The minimum absolute atomic E-state index is 0.0113. The Morgan fingerprint density at radius 1 is 1.38 bits per heavy atom. The van der Waals surface area contributed by atoms with Gasteiger partial charge in [0.1, 0.15) is 17.9 Å². The molecular weight excluding hydrogens is 323 g/mol. The maximum atomic E-state index is 12.9. The summed E-state index contributed by atoms with van der Waals surface area (Å²) in [5.41, 5.74) is -1.69. The number of halogens is 3. The Labute approximate surface area is 138 Å². The normalized spacial score (nSPS) is 26.0. The molecule has 1 saturated carbocycles. The average molecular weight is 343 g/mol. The molecule has 24 heavy (non-hydrogen) atoms. The molecule has 1 unspecified atom stereocenters. The van der Waals surface area contributed by atoms with Crippen LogP contribution in [0, 0.1) is 17.8 Å². The van der Waals surface area contributed by atoms with Gasteiger partial charge in [-0.3, -0.25) is 9.78 Å². The van der Waals surface area contributed by atoms with Crippen molar-refractivity contribution in [1.82, 2.24) is 15.6 Å². The third kappa shape index (κ3) is 3.48. The maximum absolute atomic E-state index is 12.9. The molecule has 2 N–H and O–H groups in total. The number of rotatable bonds is 5. The van der Waals surface area contributed by atoms with E-state index in [2.05, 4.69) is 15.6 Å². The van der Waals surface area contributed by atoms with E-state index in [0.29, 0.717) is 11.8 Å². The summed E-state index contributed by atoms with van der Waals surface area (Å²) in [6, 6.07) is 1.18. The van der Waals surface area contributed by atoms with Crippen molar-refractivity contribution in [2.75, 3.05) is 19.7 Å². The van der Waals surface area contributed by atoms with E-state index in [1.165, 1.54) is 12.3 Å². The van der Waals surface area contributed by atoms with E-state index in [9.17, 15) is 18.0 Å². The topological polar surface area (TPSA) is 63.2 Å². The van der Waals surface area contributed by atoms with Gasteiger partial charge in [-0.05, 0) is 44.8 Å². The fourth-order valence-corrected chi connectivity index (χ4v) is 3.24. The van der Waals surface area contributed by atoms with E-state index in [4.69, 9.17) is 4.74 Å². The Kier molecular flexibility index (Phi) is 4.19. The number of piperidine rings is 1. The van der Waals surface area contributed by atoms with Crippen molar-refractivity contribution < 1.29 is 22.7 Å². The molecule has 0 bridgehead atoms. The summed E-state index contributed by atoms with van der Waals surface area (Å²) in [7, 11) is 0. The summed E-state index contributed by atoms with van der Waals surface area (Å²) >= 11 is 0. The summed E-state index contributed by atoms with van der Waals surface area (Å²) in [4.78, 5) is 15.8. The molecule has 1 aromatic rings. The van der Waals surface area contributed by atoms with Gasteiger partial charge in [-0.15, -0.1) is 0 Å². The van der Waals surface area contributed by atoms with E-state index in [-0.39, 0.29) is 24.2 Å². The Bertz CT molecular complexity index is 623. The second-order valence-corrected chi connectivity index (χ2v) is 7.04. The highest BCUT2D eigenvalue weighted by Crippen LogP contribution is 2.48. The van der Waals surface area contributed by atoms with E-state index >= 15 is 0 Å². The molecule has 1 aliphatic carbocycles. The minimum atomic E-state index is -4.53. The molecule has 1 saturated heterocycles. The molecule has 1 amide bonds. The average Bonchev–Trinajstić information content (AvgIpc) is 2.98. The predicted molar refractivity (Wildman–Crippen MR) is 80.3 cm³/mol. The van der Waals surface area contributed by atoms with Crippen LogP contribution in [0.2, 0.25) is 0 Å². The largest absolute Gasteiger partial charge is 0.490 e. The molecule has 1 aromatic heterocycles. The van der Waals surface area contributed by atoms with Crippen LogP contribution in [0.1, 0.15) is 19.4 Å². The van der Waals surface area contributed by atoms with Crippen molar-refractivity contribution in [2.45, 2.75) is 25.6 Å². The SMILES string of the molecule is CC(C)(COc1ccncc1C(F)(F)F)NC(=O)C1[C@H]2CNC[C@@H]12. The first-order valence-corrected chi connectivity index (χ1v) is 7.86. The molecule has 8 heteroatoms. The fraction of sp³-hybridized carbons (Fsp3) is 0.625. The molecule has 2 fully saturated rings. The molecule has 0 radical (unpaired) electrons. The van der Waals surface area contributed by atoms with Crippen molar-refractivity contribution >= 4 is 5.91 Å². The number of hydrogen-bond acceptors (Lipinski definition) is 4. The molecule has 3 atom stereocenters. The molecule has 132 valence electrons. The molecule has 0 aromatic carbocycles. The highest BCUT2D eigenvalue weighted by atomic mass is 19.4.